The molecular formula is C19H15BrN2O6. The van der Waals surface area contributed by atoms with Gasteiger partial charge in [-0.1, -0.05) is 15.9 Å². The van der Waals surface area contributed by atoms with Gasteiger partial charge in [-0.2, -0.15) is 0 Å². The van der Waals surface area contributed by atoms with Gasteiger partial charge in [0.15, 0.2) is 0 Å². The van der Waals surface area contributed by atoms with Gasteiger partial charge in [-0.05, 0) is 36.4 Å². The number of amides is 3. The van der Waals surface area contributed by atoms with Gasteiger partial charge < -0.3 is 15.2 Å². The molecule has 28 heavy (non-hydrogen) atoms. The van der Waals surface area contributed by atoms with Crippen LogP contribution in [0.4, 0.5) is 5.69 Å². The molecule has 2 aromatic rings. The van der Waals surface area contributed by atoms with Crippen LogP contribution in [-0.4, -0.2) is 54.0 Å². The highest BCUT2D eigenvalue weighted by atomic mass is 79.9. The maximum atomic E-state index is 12.6. The molecule has 1 aliphatic heterocycles. The summed E-state index contributed by atoms with van der Waals surface area (Å²) in [6, 6.07) is 8.59. The molecule has 8 nitrogen and oxygen atoms in total. The van der Waals surface area contributed by atoms with Crippen molar-refractivity contribution in [2.24, 2.45) is 0 Å². The second-order valence-corrected chi connectivity index (χ2v) is 6.88. The first-order valence-corrected chi connectivity index (χ1v) is 8.96. The molecule has 0 unspecified atom stereocenters. The van der Waals surface area contributed by atoms with Crippen LogP contribution in [0.25, 0.3) is 0 Å². The number of hydrogen-bond donors (Lipinski definition) is 2. The quantitative estimate of drug-likeness (QED) is 0.659. The molecule has 0 fully saturated rings. The number of hydrogen-bond acceptors (Lipinski definition) is 5. The SMILES string of the molecule is COCCN1C(=O)c2ccc(C(=O)Nc3ccc(Br)cc3C(=O)O)cc2C1=O. The summed E-state index contributed by atoms with van der Waals surface area (Å²) in [5.41, 5.74) is 0.509. The number of rotatable bonds is 6. The van der Waals surface area contributed by atoms with Crippen molar-refractivity contribution < 1.29 is 29.0 Å². The fourth-order valence-electron chi connectivity index (χ4n) is 2.81. The lowest BCUT2D eigenvalue weighted by atomic mass is 10.0. The Morgan fingerprint density at radius 3 is 2.50 bits per heavy atom. The Labute approximate surface area is 168 Å². The van der Waals surface area contributed by atoms with Crippen LogP contribution in [0.1, 0.15) is 41.4 Å². The molecule has 0 aliphatic carbocycles. The lowest BCUT2D eigenvalue weighted by Crippen LogP contribution is -2.32. The van der Waals surface area contributed by atoms with Crippen molar-refractivity contribution >= 4 is 45.3 Å². The third kappa shape index (κ3) is 3.67. The number of ether oxygens (including phenoxy) is 1. The number of carboxylic acids is 1. The number of carbonyl (C=O) groups excluding carboxylic acids is 3. The van der Waals surface area contributed by atoms with Crippen LogP contribution >= 0.6 is 15.9 Å². The molecule has 0 atom stereocenters. The normalized spacial score (nSPS) is 12.9. The Morgan fingerprint density at radius 1 is 1.11 bits per heavy atom. The second kappa shape index (κ2) is 7.91. The summed E-state index contributed by atoms with van der Waals surface area (Å²) in [5.74, 6) is -2.73. The highest BCUT2D eigenvalue weighted by molar-refractivity contribution is 9.10. The molecule has 144 valence electrons. The highest BCUT2D eigenvalue weighted by Gasteiger charge is 2.35. The zero-order valence-corrected chi connectivity index (χ0v) is 16.3. The monoisotopic (exact) mass is 446 g/mol. The van der Waals surface area contributed by atoms with Crippen molar-refractivity contribution in [2.45, 2.75) is 0 Å². The first kappa shape index (κ1) is 19.7. The first-order valence-electron chi connectivity index (χ1n) is 8.17. The number of imide groups is 1. The van der Waals surface area contributed by atoms with E-state index in [4.69, 9.17) is 4.74 Å². The maximum Gasteiger partial charge on any atom is 0.337 e. The van der Waals surface area contributed by atoms with E-state index >= 15 is 0 Å². The van der Waals surface area contributed by atoms with Gasteiger partial charge in [-0.25, -0.2) is 4.79 Å². The predicted octanol–water partition coefficient (Wildman–Crippen LogP) is 2.64. The van der Waals surface area contributed by atoms with E-state index in [0.29, 0.717) is 4.47 Å². The zero-order valence-electron chi connectivity index (χ0n) is 14.7. The molecule has 0 saturated carbocycles. The minimum atomic E-state index is -1.19. The summed E-state index contributed by atoms with van der Waals surface area (Å²) in [4.78, 5) is 49.8. The van der Waals surface area contributed by atoms with E-state index in [-0.39, 0.29) is 41.1 Å². The lowest BCUT2D eigenvalue weighted by molar-refractivity contribution is 0.0601. The van der Waals surface area contributed by atoms with Gasteiger partial charge in [0.25, 0.3) is 17.7 Å². The summed E-state index contributed by atoms with van der Waals surface area (Å²) in [6.07, 6.45) is 0. The molecule has 0 aromatic heterocycles. The number of aromatic carboxylic acids is 1. The van der Waals surface area contributed by atoms with Crippen molar-refractivity contribution in [1.29, 1.82) is 0 Å². The number of benzene rings is 2. The van der Waals surface area contributed by atoms with Gasteiger partial charge in [-0.3, -0.25) is 19.3 Å². The molecule has 1 heterocycles. The molecule has 3 rings (SSSR count). The van der Waals surface area contributed by atoms with Gasteiger partial charge in [0, 0.05) is 17.1 Å². The molecule has 0 saturated heterocycles. The van der Waals surface area contributed by atoms with Crippen molar-refractivity contribution in [2.75, 3.05) is 25.6 Å². The highest BCUT2D eigenvalue weighted by Crippen LogP contribution is 2.25. The van der Waals surface area contributed by atoms with E-state index in [9.17, 15) is 24.3 Å². The average molecular weight is 447 g/mol. The molecule has 3 amide bonds. The van der Waals surface area contributed by atoms with E-state index in [1.807, 2.05) is 0 Å². The van der Waals surface area contributed by atoms with Crippen molar-refractivity contribution in [3.05, 3.63) is 63.1 Å². The molecule has 0 radical (unpaired) electrons. The molecule has 0 bridgehead atoms. The molecule has 0 spiro atoms. The Bertz CT molecular complexity index is 1000. The Kier molecular flexibility index (Phi) is 5.57. The van der Waals surface area contributed by atoms with E-state index in [2.05, 4.69) is 21.2 Å². The van der Waals surface area contributed by atoms with Gasteiger partial charge >= 0.3 is 5.97 Å². The zero-order chi connectivity index (χ0) is 20.4. The van der Waals surface area contributed by atoms with E-state index in [1.165, 1.54) is 37.4 Å². The smallest absolute Gasteiger partial charge is 0.337 e. The predicted molar refractivity (Wildman–Crippen MR) is 103 cm³/mol. The fourth-order valence-corrected chi connectivity index (χ4v) is 3.18. The Balaban J connectivity index is 1.87. The maximum absolute atomic E-state index is 12.6. The number of halogens is 1. The number of fused-ring (bicyclic) bond motifs is 1. The molecule has 9 heteroatoms. The summed E-state index contributed by atoms with van der Waals surface area (Å²) < 4.78 is 5.46. The number of methoxy groups -OCH3 is 1. The van der Waals surface area contributed by atoms with Crippen LogP contribution in [-0.2, 0) is 4.74 Å². The molecule has 2 aromatic carbocycles. The standard InChI is InChI=1S/C19H15BrN2O6/c1-28-7-6-22-17(24)12-4-2-10(8-13(12)18(22)25)16(23)21-15-5-3-11(20)9-14(15)19(26)27/h2-5,8-9H,6-7H2,1H3,(H,21,23)(H,26,27). The number of anilines is 1. The van der Waals surface area contributed by atoms with E-state index < -0.39 is 23.7 Å². The average Bonchev–Trinajstić information content (AvgIpc) is 2.91. The fraction of sp³-hybridized carbons (Fsp3) is 0.158. The van der Waals surface area contributed by atoms with E-state index in [1.54, 1.807) is 6.07 Å². The van der Waals surface area contributed by atoms with Crippen molar-refractivity contribution in [1.82, 2.24) is 4.90 Å². The summed E-state index contributed by atoms with van der Waals surface area (Å²) in [6.45, 7) is 0.325. The van der Waals surface area contributed by atoms with Crippen LogP contribution in [0.15, 0.2) is 40.9 Å². The van der Waals surface area contributed by atoms with Gasteiger partial charge in [0.1, 0.15) is 0 Å². The van der Waals surface area contributed by atoms with Crippen LogP contribution < -0.4 is 5.32 Å². The van der Waals surface area contributed by atoms with Gasteiger partial charge in [0.2, 0.25) is 0 Å². The van der Waals surface area contributed by atoms with E-state index in [0.717, 1.165) is 4.90 Å². The van der Waals surface area contributed by atoms with Crippen LogP contribution in [0, 0.1) is 0 Å². The summed E-state index contributed by atoms with van der Waals surface area (Å²) >= 11 is 3.19. The number of carbonyl (C=O) groups is 4. The van der Waals surface area contributed by atoms with Gasteiger partial charge in [0.05, 0.1) is 35.5 Å². The van der Waals surface area contributed by atoms with Crippen molar-refractivity contribution in [3.8, 4) is 0 Å². The third-order valence-electron chi connectivity index (χ3n) is 4.21. The lowest BCUT2D eigenvalue weighted by Gasteiger charge is -2.12. The Hall–Kier alpha value is -3.04. The first-order chi connectivity index (χ1) is 13.3. The largest absolute Gasteiger partial charge is 0.478 e. The molecule has 2 N–H and O–H groups in total. The van der Waals surface area contributed by atoms with Crippen LogP contribution in [0.5, 0.6) is 0 Å². The topological polar surface area (TPSA) is 113 Å². The number of nitrogens with one attached hydrogen (secondary N) is 1. The minimum Gasteiger partial charge on any atom is -0.478 e. The Morgan fingerprint density at radius 2 is 1.82 bits per heavy atom. The molecular weight excluding hydrogens is 432 g/mol. The van der Waals surface area contributed by atoms with Crippen LogP contribution in [0.3, 0.4) is 0 Å². The van der Waals surface area contributed by atoms with Crippen molar-refractivity contribution in [3.63, 3.8) is 0 Å². The number of carboxylic acid groups (broad SMARTS) is 1. The van der Waals surface area contributed by atoms with Gasteiger partial charge in [-0.15, -0.1) is 0 Å². The summed E-state index contributed by atoms with van der Waals surface area (Å²) in [7, 11) is 1.47. The second-order valence-electron chi connectivity index (χ2n) is 5.96. The minimum absolute atomic E-state index is 0.0825. The third-order valence-corrected chi connectivity index (χ3v) is 4.71. The number of nitrogens with zero attached hydrogens (tertiary/aromatic N) is 1. The molecule has 1 aliphatic rings. The van der Waals surface area contributed by atoms with Crippen LogP contribution in [0.2, 0.25) is 0 Å². The summed E-state index contributed by atoms with van der Waals surface area (Å²) in [5, 5.41) is 11.8.